The lowest BCUT2D eigenvalue weighted by Crippen LogP contribution is -2.37. The molecular weight excluding hydrogens is 424 g/mol. The SMILES string of the molecule is COc1ccc(C)cc1N1C(=O)C(c2ccc(C)cc2C)=C(N2CCc3ccccc3C2)C1=O. The summed E-state index contributed by atoms with van der Waals surface area (Å²) in [6.07, 6.45) is 0.828. The van der Waals surface area contributed by atoms with Crippen molar-refractivity contribution in [3.05, 3.63) is 99.7 Å². The Balaban J connectivity index is 1.68. The second kappa shape index (κ2) is 8.49. The lowest BCUT2D eigenvalue weighted by molar-refractivity contribution is -0.120. The van der Waals surface area contributed by atoms with Crippen molar-refractivity contribution < 1.29 is 14.3 Å². The zero-order valence-electron chi connectivity index (χ0n) is 20.0. The van der Waals surface area contributed by atoms with Gasteiger partial charge in [0.15, 0.2) is 0 Å². The highest BCUT2D eigenvalue weighted by Gasteiger charge is 2.44. The number of rotatable bonds is 4. The minimum atomic E-state index is -0.310. The lowest BCUT2D eigenvalue weighted by atomic mass is 9.95. The molecule has 0 radical (unpaired) electrons. The smallest absolute Gasteiger partial charge is 0.282 e. The van der Waals surface area contributed by atoms with E-state index in [4.69, 9.17) is 4.74 Å². The van der Waals surface area contributed by atoms with E-state index in [1.54, 1.807) is 13.2 Å². The average Bonchev–Trinajstić information content (AvgIpc) is 3.08. The Bertz CT molecular complexity index is 1360. The van der Waals surface area contributed by atoms with Gasteiger partial charge >= 0.3 is 0 Å². The number of nitrogens with zero attached hydrogens (tertiary/aromatic N) is 2. The second-order valence-electron chi connectivity index (χ2n) is 9.10. The van der Waals surface area contributed by atoms with Crippen molar-refractivity contribution in [2.45, 2.75) is 33.7 Å². The molecular formula is C29H28N2O3. The largest absolute Gasteiger partial charge is 0.495 e. The van der Waals surface area contributed by atoms with Crippen molar-refractivity contribution in [3.63, 3.8) is 0 Å². The second-order valence-corrected chi connectivity index (χ2v) is 9.10. The first-order valence-electron chi connectivity index (χ1n) is 11.6. The fourth-order valence-electron chi connectivity index (χ4n) is 5.03. The third-order valence-electron chi connectivity index (χ3n) is 6.73. The van der Waals surface area contributed by atoms with Gasteiger partial charge in [0.05, 0.1) is 18.4 Å². The van der Waals surface area contributed by atoms with E-state index in [-0.39, 0.29) is 11.8 Å². The highest BCUT2D eigenvalue weighted by molar-refractivity contribution is 6.45. The van der Waals surface area contributed by atoms with Crippen LogP contribution >= 0.6 is 0 Å². The predicted molar refractivity (Wildman–Crippen MR) is 134 cm³/mol. The lowest BCUT2D eigenvalue weighted by Gasteiger charge is -2.31. The molecule has 0 fully saturated rings. The van der Waals surface area contributed by atoms with Crippen LogP contribution in [-0.2, 0) is 22.6 Å². The Morgan fingerprint density at radius 3 is 2.26 bits per heavy atom. The number of fused-ring (bicyclic) bond motifs is 1. The molecule has 0 aromatic heterocycles. The zero-order chi connectivity index (χ0) is 24.0. The number of methoxy groups -OCH3 is 1. The molecule has 3 aromatic carbocycles. The maximum absolute atomic E-state index is 14.0. The third-order valence-corrected chi connectivity index (χ3v) is 6.73. The summed E-state index contributed by atoms with van der Waals surface area (Å²) in [7, 11) is 1.56. The van der Waals surface area contributed by atoms with Gasteiger partial charge in [-0.3, -0.25) is 9.59 Å². The van der Waals surface area contributed by atoms with Crippen LogP contribution in [0.1, 0.15) is 33.4 Å². The molecule has 5 nitrogen and oxygen atoms in total. The van der Waals surface area contributed by atoms with Crippen LogP contribution in [0.5, 0.6) is 5.75 Å². The number of carbonyl (C=O) groups excluding carboxylic acids is 2. The van der Waals surface area contributed by atoms with Gasteiger partial charge in [0.2, 0.25) is 0 Å². The van der Waals surface area contributed by atoms with Crippen LogP contribution in [0.25, 0.3) is 5.57 Å². The van der Waals surface area contributed by atoms with Crippen LogP contribution in [0, 0.1) is 20.8 Å². The molecule has 0 atom stereocenters. The number of hydrogen-bond acceptors (Lipinski definition) is 4. The molecule has 2 amide bonds. The first-order chi connectivity index (χ1) is 16.4. The van der Waals surface area contributed by atoms with E-state index in [9.17, 15) is 9.59 Å². The summed E-state index contributed by atoms with van der Waals surface area (Å²) >= 11 is 0. The van der Waals surface area contributed by atoms with E-state index >= 15 is 0 Å². The minimum absolute atomic E-state index is 0.303. The van der Waals surface area contributed by atoms with Crippen molar-refractivity contribution in [2.75, 3.05) is 18.6 Å². The van der Waals surface area contributed by atoms with Crippen LogP contribution in [-0.4, -0.2) is 30.4 Å². The maximum Gasteiger partial charge on any atom is 0.282 e. The first-order valence-corrected chi connectivity index (χ1v) is 11.6. The number of ether oxygens (including phenoxy) is 1. The number of anilines is 1. The molecule has 0 unspecified atom stereocenters. The van der Waals surface area contributed by atoms with Crippen LogP contribution in [0.15, 0.2) is 66.4 Å². The summed E-state index contributed by atoms with van der Waals surface area (Å²) in [6, 6.07) is 19.9. The van der Waals surface area contributed by atoms with Crippen molar-refractivity contribution in [2.24, 2.45) is 0 Å². The number of carbonyl (C=O) groups is 2. The van der Waals surface area contributed by atoms with Crippen molar-refractivity contribution in [3.8, 4) is 5.75 Å². The highest BCUT2D eigenvalue weighted by Crippen LogP contribution is 2.41. The summed E-state index contributed by atoms with van der Waals surface area (Å²) in [5.41, 5.74) is 7.73. The number of benzene rings is 3. The van der Waals surface area contributed by atoms with E-state index in [0.29, 0.717) is 35.8 Å². The Kier molecular flexibility index (Phi) is 5.48. The molecule has 5 heteroatoms. The van der Waals surface area contributed by atoms with Gasteiger partial charge in [-0.1, -0.05) is 54.1 Å². The molecule has 172 valence electrons. The van der Waals surface area contributed by atoms with Crippen LogP contribution < -0.4 is 9.64 Å². The van der Waals surface area contributed by atoms with Gasteiger partial charge in [0.25, 0.3) is 11.8 Å². The summed E-state index contributed by atoms with van der Waals surface area (Å²) in [4.78, 5) is 31.4. The molecule has 0 bridgehead atoms. The Labute approximate surface area is 200 Å². The zero-order valence-corrected chi connectivity index (χ0v) is 20.0. The summed E-state index contributed by atoms with van der Waals surface area (Å²) < 4.78 is 5.54. The third kappa shape index (κ3) is 3.58. The van der Waals surface area contributed by atoms with Crippen LogP contribution in [0.4, 0.5) is 5.69 Å². The minimum Gasteiger partial charge on any atom is -0.495 e. The van der Waals surface area contributed by atoms with E-state index in [0.717, 1.165) is 28.7 Å². The van der Waals surface area contributed by atoms with Gasteiger partial charge in [-0.15, -0.1) is 0 Å². The molecule has 0 saturated heterocycles. The molecule has 5 rings (SSSR count). The van der Waals surface area contributed by atoms with Crippen LogP contribution in [0.3, 0.4) is 0 Å². The monoisotopic (exact) mass is 452 g/mol. The van der Waals surface area contributed by atoms with Gasteiger partial charge in [-0.2, -0.15) is 0 Å². The molecule has 3 aromatic rings. The van der Waals surface area contributed by atoms with Crippen LogP contribution in [0.2, 0.25) is 0 Å². The standard InChI is InChI=1S/C29H28N2O3/c1-18-9-11-23(20(3)15-18)26-27(30-14-13-21-7-5-6-8-22(21)17-30)29(33)31(28(26)32)24-16-19(2)10-12-25(24)34-4/h5-12,15-16H,13-14,17H2,1-4H3. The highest BCUT2D eigenvalue weighted by atomic mass is 16.5. The van der Waals surface area contributed by atoms with Crippen molar-refractivity contribution in [1.29, 1.82) is 0 Å². The molecule has 0 N–H and O–H groups in total. The fourth-order valence-corrected chi connectivity index (χ4v) is 5.03. The molecule has 34 heavy (non-hydrogen) atoms. The number of imide groups is 1. The Morgan fingerprint density at radius 2 is 1.53 bits per heavy atom. The average molecular weight is 453 g/mol. The van der Waals surface area contributed by atoms with Gasteiger partial charge in [-0.05, 0) is 67.1 Å². The van der Waals surface area contributed by atoms with E-state index in [1.807, 2.05) is 57.2 Å². The first kappa shape index (κ1) is 22.0. The quantitative estimate of drug-likeness (QED) is 0.525. The van der Waals surface area contributed by atoms with Crippen molar-refractivity contribution in [1.82, 2.24) is 4.90 Å². The number of aryl methyl sites for hydroxylation is 3. The topological polar surface area (TPSA) is 49.9 Å². The normalized spacial score (nSPS) is 15.8. The molecule has 2 heterocycles. The predicted octanol–water partition coefficient (Wildman–Crippen LogP) is 4.96. The van der Waals surface area contributed by atoms with Crippen molar-refractivity contribution >= 4 is 23.1 Å². The maximum atomic E-state index is 14.0. The Hall–Kier alpha value is -3.86. The number of hydrogen-bond donors (Lipinski definition) is 0. The Morgan fingerprint density at radius 1 is 0.824 bits per heavy atom. The van der Waals surface area contributed by atoms with E-state index in [1.165, 1.54) is 16.0 Å². The van der Waals surface area contributed by atoms with E-state index < -0.39 is 0 Å². The van der Waals surface area contributed by atoms with Gasteiger partial charge in [0.1, 0.15) is 11.4 Å². The summed E-state index contributed by atoms with van der Waals surface area (Å²) in [6.45, 7) is 7.23. The summed E-state index contributed by atoms with van der Waals surface area (Å²) in [5.74, 6) is -0.115. The molecule has 2 aliphatic heterocycles. The molecule has 2 aliphatic rings. The van der Waals surface area contributed by atoms with Gasteiger partial charge in [-0.25, -0.2) is 4.90 Å². The molecule has 0 aliphatic carbocycles. The molecule has 0 saturated carbocycles. The fraction of sp³-hybridized carbons (Fsp3) is 0.241. The van der Waals surface area contributed by atoms with Gasteiger partial charge < -0.3 is 9.64 Å². The molecule has 0 spiro atoms. The summed E-state index contributed by atoms with van der Waals surface area (Å²) in [5, 5.41) is 0. The number of amides is 2. The van der Waals surface area contributed by atoms with Gasteiger partial charge in [0, 0.05) is 13.1 Å². The van der Waals surface area contributed by atoms with E-state index in [2.05, 4.69) is 23.1 Å².